The Morgan fingerprint density at radius 2 is 1.72 bits per heavy atom. The van der Waals surface area contributed by atoms with Crippen LogP contribution in [0, 0.1) is 0 Å². The fourth-order valence-electron chi connectivity index (χ4n) is 2.06. The van der Waals surface area contributed by atoms with E-state index in [0.717, 1.165) is 0 Å². The smallest absolute Gasteiger partial charge is 0.0705 e. The van der Waals surface area contributed by atoms with Crippen molar-refractivity contribution in [3.63, 3.8) is 0 Å². The molecule has 0 unspecified atom stereocenters. The van der Waals surface area contributed by atoms with E-state index in [1.165, 1.54) is 51.9 Å². The van der Waals surface area contributed by atoms with Crippen molar-refractivity contribution in [1.82, 2.24) is 0 Å². The molecule has 0 atom stereocenters. The molecule has 0 fully saturated rings. The third-order valence-corrected chi connectivity index (χ3v) is 4.80. The summed E-state index contributed by atoms with van der Waals surface area (Å²) in [6, 6.07) is 13.3. The van der Waals surface area contributed by atoms with Gasteiger partial charge in [0, 0.05) is 4.88 Å². The highest BCUT2D eigenvalue weighted by molar-refractivity contribution is 9.11. The summed E-state index contributed by atoms with van der Waals surface area (Å²) in [4.78, 5) is 1.33. The molecule has 0 saturated carbocycles. The minimum atomic E-state index is 1.20. The molecule has 2 rings (SSSR count). The van der Waals surface area contributed by atoms with Crippen molar-refractivity contribution in [3.05, 3.63) is 45.7 Å². The largest absolute Gasteiger partial charge is 0.128 e. The van der Waals surface area contributed by atoms with Crippen LogP contribution in [0.1, 0.15) is 38.2 Å². The van der Waals surface area contributed by atoms with Gasteiger partial charge in [-0.15, -0.1) is 11.3 Å². The maximum Gasteiger partial charge on any atom is 0.0705 e. The molecule has 0 aliphatic rings. The molecule has 1 aromatic carbocycles. The monoisotopic (exact) mass is 322 g/mol. The Bertz CT molecular complexity index is 470. The summed E-state index contributed by atoms with van der Waals surface area (Å²) in [7, 11) is 0. The predicted octanol–water partition coefficient (Wildman–Crippen LogP) is 6.30. The summed E-state index contributed by atoms with van der Waals surface area (Å²) in [5.41, 5.74) is 2.79. The zero-order chi connectivity index (χ0) is 12.8. The van der Waals surface area contributed by atoms with Crippen LogP contribution < -0.4 is 0 Å². The van der Waals surface area contributed by atoms with Crippen LogP contribution in [0.5, 0.6) is 0 Å². The molecule has 0 bridgehead atoms. The van der Waals surface area contributed by atoms with Crippen LogP contribution in [-0.4, -0.2) is 0 Å². The Hall–Kier alpha value is -0.600. The van der Waals surface area contributed by atoms with Gasteiger partial charge in [-0.05, 0) is 52.0 Å². The standard InChI is InChI=1S/C16H19BrS/c1-2-3-4-5-6-13-7-9-14(10-8-13)15-11-12-16(17)18-15/h7-12H,2-6H2,1H3. The van der Waals surface area contributed by atoms with Crippen LogP contribution in [-0.2, 0) is 6.42 Å². The summed E-state index contributed by atoms with van der Waals surface area (Å²) in [5, 5.41) is 0. The Morgan fingerprint density at radius 1 is 0.944 bits per heavy atom. The van der Waals surface area contributed by atoms with Crippen molar-refractivity contribution >= 4 is 27.3 Å². The summed E-state index contributed by atoms with van der Waals surface area (Å²) >= 11 is 5.30. The van der Waals surface area contributed by atoms with Crippen LogP contribution >= 0.6 is 27.3 Å². The number of halogens is 1. The normalized spacial score (nSPS) is 10.8. The van der Waals surface area contributed by atoms with E-state index >= 15 is 0 Å². The van der Waals surface area contributed by atoms with Gasteiger partial charge in [-0.3, -0.25) is 0 Å². The minimum absolute atomic E-state index is 1.20. The van der Waals surface area contributed by atoms with Crippen LogP contribution in [0.25, 0.3) is 10.4 Å². The number of unbranched alkanes of at least 4 members (excludes halogenated alkanes) is 3. The van der Waals surface area contributed by atoms with Crippen molar-refractivity contribution in [1.29, 1.82) is 0 Å². The van der Waals surface area contributed by atoms with E-state index in [1.54, 1.807) is 11.3 Å². The molecule has 0 N–H and O–H groups in total. The number of hydrogen-bond acceptors (Lipinski definition) is 1. The lowest BCUT2D eigenvalue weighted by Crippen LogP contribution is -1.85. The minimum Gasteiger partial charge on any atom is -0.128 e. The number of thiophene rings is 1. The first kappa shape index (κ1) is 13.8. The lowest BCUT2D eigenvalue weighted by atomic mass is 10.0. The third kappa shape index (κ3) is 3.96. The number of benzene rings is 1. The Labute approximate surface area is 122 Å². The molecule has 2 aromatic rings. The third-order valence-electron chi connectivity index (χ3n) is 3.13. The first-order valence-corrected chi connectivity index (χ1v) is 8.25. The van der Waals surface area contributed by atoms with Gasteiger partial charge < -0.3 is 0 Å². The molecule has 0 spiro atoms. The first-order valence-electron chi connectivity index (χ1n) is 6.64. The molecule has 0 aliphatic heterocycles. The molecule has 0 radical (unpaired) electrons. The quantitative estimate of drug-likeness (QED) is 0.547. The number of hydrogen-bond donors (Lipinski definition) is 0. The topological polar surface area (TPSA) is 0 Å². The zero-order valence-electron chi connectivity index (χ0n) is 10.8. The predicted molar refractivity (Wildman–Crippen MR) is 85.3 cm³/mol. The van der Waals surface area contributed by atoms with Gasteiger partial charge in [-0.1, -0.05) is 50.5 Å². The SMILES string of the molecule is CCCCCCc1ccc(-c2ccc(Br)s2)cc1. The van der Waals surface area contributed by atoms with E-state index in [9.17, 15) is 0 Å². The van der Waals surface area contributed by atoms with Crippen LogP contribution in [0.4, 0.5) is 0 Å². The van der Waals surface area contributed by atoms with Gasteiger partial charge in [0.25, 0.3) is 0 Å². The van der Waals surface area contributed by atoms with Gasteiger partial charge in [-0.25, -0.2) is 0 Å². The van der Waals surface area contributed by atoms with Crippen molar-refractivity contribution in [2.45, 2.75) is 39.0 Å². The first-order chi connectivity index (χ1) is 8.79. The average molecular weight is 323 g/mol. The second-order valence-electron chi connectivity index (χ2n) is 4.61. The Balaban J connectivity index is 1.93. The molecule has 2 heteroatoms. The lowest BCUT2D eigenvalue weighted by Gasteiger charge is -2.03. The van der Waals surface area contributed by atoms with Gasteiger partial charge in [-0.2, -0.15) is 0 Å². The highest BCUT2D eigenvalue weighted by Crippen LogP contribution is 2.31. The molecule has 1 heterocycles. The maximum absolute atomic E-state index is 3.51. The second-order valence-corrected chi connectivity index (χ2v) is 7.07. The van der Waals surface area contributed by atoms with E-state index in [0.29, 0.717) is 0 Å². The van der Waals surface area contributed by atoms with Crippen molar-refractivity contribution in [2.75, 3.05) is 0 Å². The number of aryl methyl sites for hydroxylation is 1. The second kappa shape index (κ2) is 7.10. The van der Waals surface area contributed by atoms with Gasteiger partial charge in [0.15, 0.2) is 0 Å². The fraction of sp³-hybridized carbons (Fsp3) is 0.375. The van der Waals surface area contributed by atoms with Gasteiger partial charge >= 0.3 is 0 Å². The summed E-state index contributed by atoms with van der Waals surface area (Å²) in [5.74, 6) is 0. The lowest BCUT2D eigenvalue weighted by molar-refractivity contribution is 0.667. The molecule has 0 amide bonds. The number of rotatable bonds is 6. The van der Waals surface area contributed by atoms with Crippen LogP contribution in [0.15, 0.2) is 40.2 Å². The van der Waals surface area contributed by atoms with Crippen molar-refractivity contribution in [3.8, 4) is 10.4 Å². The highest BCUT2D eigenvalue weighted by Gasteiger charge is 2.01. The zero-order valence-corrected chi connectivity index (χ0v) is 13.2. The molecule has 96 valence electrons. The highest BCUT2D eigenvalue weighted by atomic mass is 79.9. The molecular formula is C16H19BrS. The van der Waals surface area contributed by atoms with Gasteiger partial charge in [0.05, 0.1) is 3.79 Å². The van der Waals surface area contributed by atoms with Gasteiger partial charge in [0.2, 0.25) is 0 Å². The fourth-order valence-corrected chi connectivity index (χ4v) is 3.45. The molecule has 0 nitrogen and oxygen atoms in total. The summed E-state index contributed by atoms with van der Waals surface area (Å²) in [6.45, 7) is 2.26. The Morgan fingerprint density at radius 3 is 2.33 bits per heavy atom. The van der Waals surface area contributed by atoms with Gasteiger partial charge in [0.1, 0.15) is 0 Å². The Kier molecular flexibility index (Phi) is 5.45. The summed E-state index contributed by atoms with van der Waals surface area (Å²) < 4.78 is 1.20. The molecule has 18 heavy (non-hydrogen) atoms. The van der Waals surface area contributed by atoms with E-state index < -0.39 is 0 Å². The van der Waals surface area contributed by atoms with Crippen molar-refractivity contribution in [2.24, 2.45) is 0 Å². The van der Waals surface area contributed by atoms with Crippen LogP contribution in [0.3, 0.4) is 0 Å². The van der Waals surface area contributed by atoms with E-state index in [4.69, 9.17) is 0 Å². The van der Waals surface area contributed by atoms with Crippen LogP contribution in [0.2, 0.25) is 0 Å². The molecule has 0 aliphatic carbocycles. The van der Waals surface area contributed by atoms with E-state index in [1.807, 2.05) is 0 Å². The van der Waals surface area contributed by atoms with E-state index in [2.05, 4.69) is 59.3 Å². The van der Waals surface area contributed by atoms with Crippen molar-refractivity contribution < 1.29 is 0 Å². The van der Waals surface area contributed by atoms with E-state index in [-0.39, 0.29) is 0 Å². The molecular weight excluding hydrogens is 304 g/mol. The average Bonchev–Trinajstić information content (AvgIpc) is 2.82. The maximum atomic E-state index is 3.51. The summed E-state index contributed by atoms with van der Waals surface area (Å²) in [6.07, 6.45) is 6.57. The molecule has 1 aromatic heterocycles. The molecule has 0 saturated heterocycles.